The van der Waals surface area contributed by atoms with E-state index in [-0.39, 0.29) is 12.0 Å². The minimum atomic E-state index is -0.334. The molecule has 3 N–H and O–H groups in total. The van der Waals surface area contributed by atoms with Gasteiger partial charge in [-0.25, -0.2) is 0 Å². The van der Waals surface area contributed by atoms with E-state index in [0.29, 0.717) is 12.5 Å². The Morgan fingerprint density at radius 2 is 1.60 bits per heavy atom. The smallest absolute Gasteiger partial charge is 0.0648 e. The van der Waals surface area contributed by atoms with E-state index in [1.807, 2.05) is 24.3 Å². The molecule has 0 radical (unpaired) electrons. The van der Waals surface area contributed by atoms with E-state index in [0.717, 1.165) is 23.4 Å². The monoisotopic (exact) mass is 295 g/mol. The number of aliphatic hydroxyl groups is 1. The van der Waals surface area contributed by atoms with Crippen LogP contribution in [0, 0.1) is 5.92 Å². The van der Waals surface area contributed by atoms with Crippen molar-refractivity contribution in [2.75, 3.05) is 6.54 Å². The molecule has 2 rings (SSSR count). The normalized spacial score (nSPS) is 20.9. The highest BCUT2D eigenvalue weighted by Crippen LogP contribution is 2.32. The number of aliphatic hydroxyl groups excluding tert-OH is 1. The zero-order valence-electron chi connectivity index (χ0n) is 12.1. The molecule has 2 unspecified atom stereocenters. The molecule has 0 aliphatic heterocycles. The maximum atomic E-state index is 10.8. The second-order valence-corrected chi connectivity index (χ2v) is 6.43. The van der Waals surface area contributed by atoms with Crippen molar-refractivity contribution < 1.29 is 5.11 Å². The predicted octanol–water partition coefficient (Wildman–Crippen LogP) is 4.10. The van der Waals surface area contributed by atoms with Crippen LogP contribution in [0.1, 0.15) is 56.4 Å². The lowest BCUT2D eigenvalue weighted by atomic mass is 9.79. The number of nitrogens with two attached hydrogens (primary N) is 1. The first-order valence-corrected chi connectivity index (χ1v) is 8.23. The fraction of sp³-hybridized carbons (Fsp3) is 0.647. The minimum absolute atomic E-state index is 0.0247. The molecule has 1 aliphatic carbocycles. The average Bonchev–Trinajstić information content (AvgIpc) is 2.41. The third kappa shape index (κ3) is 4.21. The van der Waals surface area contributed by atoms with Gasteiger partial charge >= 0.3 is 0 Å². The first kappa shape index (κ1) is 15.8. The summed E-state index contributed by atoms with van der Waals surface area (Å²) >= 11 is 5.93. The van der Waals surface area contributed by atoms with Gasteiger partial charge < -0.3 is 10.8 Å². The summed E-state index contributed by atoms with van der Waals surface area (Å²) in [5.41, 5.74) is 7.03. The van der Waals surface area contributed by atoms with Gasteiger partial charge in [0.05, 0.1) is 6.10 Å². The van der Waals surface area contributed by atoms with Gasteiger partial charge in [0.1, 0.15) is 0 Å². The van der Waals surface area contributed by atoms with Gasteiger partial charge in [-0.15, -0.1) is 0 Å². The molecule has 0 bridgehead atoms. The fourth-order valence-electron chi connectivity index (χ4n) is 3.34. The quantitative estimate of drug-likeness (QED) is 0.878. The highest BCUT2D eigenvalue weighted by atomic mass is 35.5. The molecule has 1 fully saturated rings. The first-order valence-electron chi connectivity index (χ1n) is 7.86. The van der Waals surface area contributed by atoms with Crippen LogP contribution in [0.5, 0.6) is 0 Å². The highest BCUT2D eigenvalue weighted by Gasteiger charge is 2.28. The predicted molar refractivity (Wildman–Crippen MR) is 85.1 cm³/mol. The summed E-state index contributed by atoms with van der Waals surface area (Å²) in [6.07, 6.45) is 8.35. The molecule has 0 saturated heterocycles. The largest absolute Gasteiger partial charge is 0.392 e. The van der Waals surface area contributed by atoms with E-state index in [4.69, 9.17) is 17.3 Å². The van der Waals surface area contributed by atoms with Crippen LogP contribution in [0.4, 0.5) is 0 Å². The summed E-state index contributed by atoms with van der Waals surface area (Å²) in [6.45, 7) is 0.485. The molecule has 0 spiro atoms. The minimum Gasteiger partial charge on any atom is -0.392 e. The third-order valence-corrected chi connectivity index (χ3v) is 4.85. The average molecular weight is 296 g/mol. The van der Waals surface area contributed by atoms with Crippen LogP contribution in [0.25, 0.3) is 0 Å². The van der Waals surface area contributed by atoms with Crippen molar-refractivity contribution in [2.45, 2.75) is 57.0 Å². The van der Waals surface area contributed by atoms with Gasteiger partial charge in [0, 0.05) is 17.5 Å². The molecule has 20 heavy (non-hydrogen) atoms. The summed E-state index contributed by atoms with van der Waals surface area (Å²) in [5.74, 6) is 0.413. The van der Waals surface area contributed by atoms with Gasteiger partial charge in [0.15, 0.2) is 0 Å². The summed E-state index contributed by atoms with van der Waals surface area (Å²) in [7, 11) is 0. The number of halogens is 1. The van der Waals surface area contributed by atoms with Crippen LogP contribution >= 0.6 is 11.6 Å². The van der Waals surface area contributed by atoms with E-state index in [9.17, 15) is 5.11 Å². The van der Waals surface area contributed by atoms with Crippen LogP contribution < -0.4 is 5.73 Å². The van der Waals surface area contributed by atoms with Crippen molar-refractivity contribution in [3.63, 3.8) is 0 Å². The van der Waals surface area contributed by atoms with Crippen LogP contribution in [0.2, 0.25) is 5.02 Å². The lowest BCUT2D eigenvalue weighted by Crippen LogP contribution is -2.33. The van der Waals surface area contributed by atoms with Crippen molar-refractivity contribution in [1.82, 2.24) is 0 Å². The van der Waals surface area contributed by atoms with Gasteiger partial charge in [-0.2, -0.15) is 0 Å². The Kier molecular flexibility index (Phi) is 6.34. The molecule has 1 aromatic carbocycles. The van der Waals surface area contributed by atoms with Crippen molar-refractivity contribution in [1.29, 1.82) is 0 Å². The molecule has 3 heteroatoms. The fourth-order valence-corrected chi connectivity index (χ4v) is 3.47. The molecule has 2 nitrogen and oxygen atoms in total. The van der Waals surface area contributed by atoms with Gasteiger partial charge in [-0.05, 0) is 36.5 Å². The Labute approximate surface area is 127 Å². The van der Waals surface area contributed by atoms with E-state index in [1.54, 1.807) is 0 Å². The number of hydrogen-bond donors (Lipinski definition) is 2. The standard InChI is InChI=1S/C17H26ClNO/c18-15-10-8-13(9-11-15)16(12-19)17(20)14-6-4-2-1-3-5-7-14/h8-11,14,16-17,20H,1-7,12,19H2. The Bertz CT molecular complexity index is 384. The third-order valence-electron chi connectivity index (χ3n) is 4.60. The van der Waals surface area contributed by atoms with Crippen LogP contribution in [-0.2, 0) is 0 Å². The maximum absolute atomic E-state index is 10.8. The molecule has 1 saturated carbocycles. The summed E-state index contributed by atoms with van der Waals surface area (Å²) < 4.78 is 0. The maximum Gasteiger partial charge on any atom is 0.0648 e. The summed E-state index contributed by atoms with van der Waals surface area (Å²) in [5, 5.41) is 11.5. The second-order valence-electron chi connectivity index (χ2n) is 5.99. The van der Waals surface area contributed by atoms with E-state index < -0.39 is 0 Å². The topological polar surface area (TPSA) is 46.2 Å². The number of benzene rings is 1. The molecular weight excluding hydrogens is 270 g/mol. The van der Waals surface area contributed by atoms with Crippen LogP contribution in [-0.4, -0.2) is 17.8 Å². The van der Waals surface area contributed by atoms with E-state index >= 15 is 0 Å². The Morgan fingerprint density at radius 1 is 1.05 bits per heavy atom. The van der Waals surface area contributed by atoms with Gasteiger partial charge in [-0.1, -0.05) is 55.8 Å². The molecular formula is C17H26ClNO. The SMILES string of the molecule is NCC(c1ccc(Cl)cc1)C(O)C1CCCCCCC1. The van der Waals surface area contributed by atoms with Crippen molar-refractivity contribution in [2.24, 2.45) is 11.7 Å². The zero-order chi connectivity index (χ0) is 14.4. The van der Waals surface area contributed by atoms with Crippen LogP contribution in [0.3, 0.4) is 0 Å². The van der Waals surface area contributed by atoms with E-state index in [1.165, 1.54) is 32.1 Å². The van der Waals surface area contributed by atoms with Crippen LogP contribution in [0.15, 0.2) is 24.3 Å². The summed E-state index contributed by atoms with van der Waals surface area (Å²) in [4.78, 5) is 0. The van der Waals surface area contributed by atoms with Gasteiger partial charge in [0.2, 0.25) is 0 Å². The summed E-state index contributed by atoms with van der Waals surface area (Å²) in [6, 6.07) is 7.74. The Morgan fingerprint density at radius 3 is 2.15 bits per heavy atom. The lowest BCUT2D eigenvalue weighted by molar-refractivity contribution is 0.0680. The molecule has 1 aromatic rings. The second kappa shape index (κ2) is 8.02. The molecule has 0 amide bonds. The molecule has 112 valence electrons. The molecule has 2 atom stereocenters. The molecule has 0 heterocycles. The van der Waals surface area contributed by atoms with Gasteiger partial charge in [-0.3, -0.25) is 0 Å². The Hall–Kier alpha value is -0.570. The zero-order valence-corrected chi connectivity index (χ0v) is 12.9. The van der Waals surface area contributed by atoms with Crippen molar-refractivity contribution in [3.8, 4) is 0 Å². The first-order chi connectivity index (χ1) is 9.72. The molecule has 0 aromatic heterocycles. The Balaban J connectivity index is 2.06. The van der Waals surface area contributed by atoms with Crippen molar-refractivity contribution in [3.05, 3.63) is 34.9 Å². The highest BCUT2D eigenvalue weighted by molar-refractivity contribution is 6.30. The molecule has 1 aliphatic rings. The number of rotatable bonds is 4. The van der Waals surface area contributed by atoms with Gasteiger partial charge in [0.25, 0.3) is 0 Å². The number of hydrogen-bond acceptors (Lipinski definition) is 2. The lowest BCUT2D eigenvalue weighted by Gasteiger charge is -2.31. The van der Waals surface area contributed by atoms with E-state index in [2.05, 4.69) is 0 Å². The van der Waals surface area contributed by atoms with Crippen molar-refractivity contribution >= 4 is 11.6 Å².